The summed E-state index contributed by atoms with van der Waals surface area (Å²) in [5.74, 6) is 1.38. The summed E-state index contributed by atoms with van der Waals surface area (Å²) in [7, 11) is 0. The molecule has 2 aliphatic heterocycles. The van der Waals surface area contributed by atoms with Gasteiger partial charge in [0.15, 0.2) is 5.79 Å². The molecule has 2 aliphatic rings. The monoisotopic (exact) mass is 311 g/mol. The molecule has 120 valence electrons. The molecular weight excluding hydrogens is 290 g/mol. The van der Waals surface area contributed by atoms with Crippen LogP contribution in [0.5, 0.6) is 0 Å². The average Bonchev–Trinajstić information content (AvgIpc) is 3.04. The van der Waals surface area contributed by atoms with E-state index in [0.29, 0.717) is 13.2 Å². The topological polar surface area (TPSA) is 47.5 Å². The van der Waals surface area contributed by atoms with Gasteiger partial charge in [0.2, 0.25) is 0 Å². The van der Waals surface area contributed by atoms with Crippen LogP contribution in [-0.4, -0.2) is 42.1 Å². The lowest BCUT2D eigenvalue weighted by Gasteiger charge is -2.39. The van der Waals surface area contributed by atoms with Crippen molar-refractivity contribution in [2.45, 2.75) is 25.0 Å². The van der Waals surface area contributed by atoms with Crippen LogP contribution in [0, 0.1) is 0 Å². The van der Waals surface area contributed by atoms with Crippen LogP contribution in [0.25, 0.3) is 0 Å². The Balaban J connectivity index is 1.51. The average molecular weight is 311 g/mol. The minimum Gasteiger partial charge on any atom is -0.351 e. The summed E-state index contributed by atoms with van der Waals surface area (Å²) >= 11 is 0. The van der Waals surface area contributed by atoms with Crippen molar-refractivity contribution in [3.05, 3.63) is 54.0 Å². The summed E-state index contributed by atoms with van der Waals surface area (Å²) in [5, 5.41) is 0. The van der Waals surface area contributed by atoms with Crippen LogP contribution < -0.4 is 4.90 Å². The molecule has 0 unspecified atom stereocenters. The number of hydrogen-bond donors (Lipinski definition) is 0. The zero-order valence-electron chi connectivity index (χ0n) is 13.1. The quantitative estimate of drug-likeness (QED) is 0.871. The molecule has 0 bridgehead atoms. The largest absolute Gasteiger partial charge is 0.351 e. The number of aromatic nitrogens is 2. The van der Waals surface area contributed by atoms with Gasteiger partial charge < -0.3 is 14.4 Å². The molecular formula is C18H21N3O2. The number of benzene rings is 1. The normalized spacial score (nSPS) is 20.1. The van der Waals surface area contributed by atoms with Gasteiger partial charge in [0.1, 0.15) is 11.6 Å². The van der Waals surface area contributed by atoms with Gasteiger partial charge in [-0.2, -0.15) is 0 Å². The summed E-state index contributed by atoms with van der Waals surface area (Å²) in [6.07, 6.45) is 4.61. The Morgan fingerprint density at radius 3 is 2.74 bits per heavy atom. The predicted molar refractivity (Wildman–Crippen MR) is 87.4 cm³/mol. The minimum absolute atomic E-state index is 0.428. The smallest absolute Gasteiger partial charge is 0.186 e. The van der Waals surface area contributed by atoms with Crippen molar-refractivity contribution in [3.63, 3.8) is 0 Å². The zero-order valence-corrected chi connectivity index (χ0v) is 13.1. The van der Waals surface area contributed by atoms with Gasteiger partial charge in [-0.3, -0.25) is 0 Å². The van der Waals surface area contributed by atoms with Crippen molar-refractivity contribution in [3.8, 4) is 0 Å². The first kappa shape index (κ1) is 14.6. The van der Waals surface area contributed by atoms with E-state index in [1.54, 1.807) is 0 Å². The van der Waals surface area contributed by atoms with Gasteiger partial charge in [-0.25, -0.2) is 9.97 Å². The highest BCUT2D eigenvalue weighted by molar-refractivity contribution is 5.39. The molecule has 2 aromatic rings. The van der Waals surface area contributed by atoms with E-state index >= 15 is 0 Å². The number of piperidine rings is 1. The van der Waals surface area contributed by atoms with Crippen molar-refractivity contribution in [1.29, 1.82) is 0 Å². The van der Waals surface area contributed by atoms with Crippen LogP contribution >= 0.6 is 0 Å². The van der Waals surface area contributed by atoms with Crippen molar-refractivity contribution in [2.75, 3.05) is 31.2 Å². The number of hydrogen-bond acceptors (Lipinski definition) is 5. The molecule has 5 heteroatoms. The second-order valence-electron chi connectivity index (χ2n) is 6.13. The predicted octanol–water partition coefficient (Wildman–Crippen LogP) is 2.41. The zero-order chi connectivity index (χ0) is 15.5. The summed E-state index contributed by atoms with van der Waals surface area (Å²) in [5.41, 5.74) is 1.22. The third-order valence-electron chi connectivity index (χ3n) is 4.45. The van der Waals surface area contributed by atoms with E-state index in [1.165, 1.54) is 5.56 Å². The van der Waals surface area contributed by atoms with E-state index in [0.717, 1.165) is 44.0 Å². The Kier molecular flexibility index (Phi) is 3.97. The maximum absolute atomic E-state index is 5.85. The van der Waals surface area contributed by atoms with Crippen molar-refractivity contribution >= 4 is 5.82 Å². The summed E-state index contributed by atoms with van der Waals surface area (Å²) in [6, 6.07) is 12.3. The van der Waals surface area contributed by atoms with E-state index in [1.807, 2.05) is 30.5 Å². The lowest BCUT2D eigenvalue weighted by molar-refractivity contribution is -0.161. The van der Waals surface area contributed by atoms with Crippen molar-refractivity contribution in [1.82, 2.24) is 9.97 Å². The Labute approximate surface area is 136 Å². The molecule has 1 aromatic carbocycles. The Bertz CT molecular complexity index is 656. The fourth-order valence-corrected chi connectivity index (χ4v) is 3.34. The molecule has 0 radical (unpaired) electrons. The summed E-state index contributed by atoms with van der Waals surface area (Å²) in [4.78, 5) is 11.4. The standard InChI is InChI=1S/C18H21N3O2/c1-2-5-15(6-3-1)13-16-19-9-7-17(20-16)21-10-4-8-18(14-21)22-11-12-23-18/h1-3,5-7,9H,4,8,10-14H2. The highest BCUT2D eigenvalue weighted by Gasteiger charge is 2.41. The van der Waals surface area contributed by atoms with Crippen LogP contribution in [0.4, 0.5) is 5.82 Å². The molecule has 1 aromatic heterocycles. The van der Waals surface area contributed by atoms with Crippen LogP contribution in [0.1, 0.15) is 24.2 Å². The number of ether oxygens (including phenoxy) is 2. The van der Waals surface area contributed by atoms with E-state index < -0.39 is 5.79 Å². The summed E-state index contributed by atoms with van der Waals surface area (Å²) < 4.78 is 11.7. The van der Waals surface area contributed by atoms with Gasteiger partial charge in [0, 0.05) is 25.6 Å². The second-order valence-corrected chi connectivity index (χ2v) is 6.13. The van der Waals surface area contributed by atoms with Crippen molar-refractivity contribution < 1.29 is 9.47 Å². The molecule has 0 amide bonds. The third kappa shape index (κ3) is 3.21. The first-order chi connectivity index (χ1) is 11.3. The van der Waals surface area contributed by atoms with Crippen LogP contribution in [0.3, 0.4) is 0 Å². The van der Waals surface area contributed by atoms with Crippen LogP contribution in [0.15, 0.2) is 42.6 Å². The molecule has 3 heterocycles. The Morgan fingerprint density at radius 2 is 1.91 bits per heavy atom. The molecule has 1 spiro atoms. The van der Waals surface area contributed by atoms with Crippen LogP contribution in [0.2, 0.25) is 0 Å². The van der Waals surface area contributed by atoms with Gasteiger partial charge in [-0.05, 0) is 18.1 Å². The Morgan fingerprint density at radius 1 is 1.09 bits per heavy atom. The molecule has 0 N–H and O–H groups in total. The molecule has 5 nitrogen and oxygen atoms in total. The molecule has 23 heavy (non-hydrogen) atoms. The van der Waals surface area contributed by atoms with Gasteiger partial charge in [0.25, 0.3) is 0 Å². The van der Waals surface area contributed by atoms with Gasteiger partial charge in [0.05, 0.1) is 19.8 Å². The van der Waals surface area contributed by atoms with Gasteiger partial charge in [-0.15, -0.1) is 0 Å². The molecule has 0 saturated carbocycles. The molecule has 2 fully saturated rings. The number of nitrogens with zero attached hydrogens (tertiary/aromatic N) is 3. The lowest BCUT2D eigenvalue weighted by atomic mass is 10.0. The van der Waals surface area contributed by atoms with Crippen molar-refractivity contribution in [2.24, 2.45) is 0 Å². The number of anilines is 1. The van der Waals surface area contributed by atoms with E-state index in [2.05, 4.69) is 22.0 Å². The van der Waals surface area contributed by atoms with E-state index in [-0.39, 0.29) is 0 Å². The van der Waals surface area contributed by atoms with Crippen LogP contribution in [-0.2, 0) is 15.9 Å². The molecule has 4 rings (SSSR count). The maximum atomic E-state index is 5.85. The highest BCUT2D eigenvalue weighted by atomic mass is 16.7. The second kappa shape index (κ2) is 6.26. The fraction of sp³-hybridized carbons (Fsp3) is 0.444. The maximum Gasteiger partial charge on any atom is 0.186 e. The van der Waals surface area contributed by atoms with E-state index in [9.17, 15) is 0 Å². The summed E-state index contributed by atoms with van der Waals surface area (Å²) in [6.45, 7) is 3.11. The SMILES string of the molecule is c1ccc(Cc2nccc(N3CCCC4(C3)OCCO4)n2)cc1. The highest BCUT2D eigenvalue weighted by Crippen LogP contribution is 2.31. The number of rotatable bonds is 3. The fourth-order valence-electron chi connectivity index (χ4n) is 3.34. The first-order valence-corrected chi connectivity index (χ1v) is 8.22. The molecule has 2 saturated heterocycles. The molecule has 0 atom stereocenters. The molecule has 0 aliphatic carbocycles. The van der Waals surface area contributed by atoms with Gasteiger partial charge in [-0.1, -0.05) is 30.3 Å². The first-order valence-electron chi connectivity index (χ1n) is 8.22. The van der Waals surface area contributed by atoms with Gasteiger partial charge >= 0.3 is 0 Å². The van der Waals surface area contributed by atoms with E-state index in [4.69, 9.17) is 14.5 Å². The third-order valence-corrected chi connectivity index (χ3v) is 4.45. The Hall–Kier alpha value is -1.98. The minimum atomic E-state index is -0.428. The lowest BCUT2D eigenvalue weighted by Crippen LogP contribution is -2.49.